The number of aliphatic hydroxyl groups excluding tert-OH is 1. The molecule has 1 aromatic rings. The monoisotopic (exact) mass is 209 g/mol. The Morgan fingerprint density at radius 1 is 1.33 bits per heavy atom. The van der Waals surface area contributed by atoms with Crippen molar-refractivity contribution in [2.45, 2.75) is 26.4 Å². The van der Waals surface area contributed by atoms with Gasteiger partial charge in [0.25, 0.3) is 0 Å². The first-order valence-corrected chi connectivity index (χ1v) is 5.25. The zero-order chi connectivity index (χ0) is 11.3. The molecular weight excluding hydrogens is 190 g/mol. The van der Waals surface area contributed by atoms with Gasteiger partial charge in [-0.2, -0.15) is 0 Å². The number of hydrogen-bond donors (Lipinski definition) is 3. The summed E-state index contributed by atoms with van der Waals surface area (Å²) in [7, 11) is 0. The van der Waals surface area contributed by atoms with Crippen molar-refractivity contribution < 1.29 is 10.2 Å². The maximum absolute atomic E-state index is 9.27. The molecular formula is C12H19NO2. The Morgan fingerprint density at radius 2 is 2.07 bits per heavy atom. The molecule has 0 heterocycles. The number of phenols is 1. The molecule has 0 aliphatic carbocycles. The zero-order valence-electron chi connectivity index (χ0n) is 9.27. The number of phenolic OH excluding ortho intramolecular Hbond substituents is 1. The topological polar surface area (TPSA) is 52.5 Å². The van der Waals surface area contributed by atoms with Crippen LogP contribution < -0.4 is 5.32 Å². The number of rotatable bonds is 5. The molecule has 84 valence electrons. The van der Waals surface area contributed by atoms with E-state index in [1.165, 1.54) is 0 Å². The number of aromatic hydroxyl groups is 1. The van der Waals surface area contributed by atoms with Gasteiger partial charge < -0.3 is 15.5 Å². The lowest BCUT2D eigenvalue weighted by atomic mass is 10.1. The van der Waals surface area contributed by atoms with Crippen molar-refractivity contribution in [2.24, 2.45) is 5.92 Å². The fraction of sp³-hybridized carbons (Fsp3) is 0.500. The van der Waals surface area contributed by atoms with Gasteiger partial charge in [-0.15, -0.1) is 0 Å². The molecule has 1 rings (SSSR count). The molecule has 3 heteroatoms. The van der Waals surface area contributed by atoms with Crippen LogP contribution in [0.25, 0.3) is 0 Å². The SMILES string of the molecule is CC(C)C(CO)NCc1cccc(O)c1. The molecule has 0 saturated heterocycles. The fourth-order valence-corrected chi connectivity index (χ4v) is 1.43. The van der Waals surface area contributed by atoms with Crippen LogP contribution in [-0.2, 0) is 6.54 Å². The Kier molecular flexibility index (Phi) is 4.59. The van der Waals surface area contributed by atoms with Crippen molar-refractivity contribution in [2.75, 3.05) is 6.61 Å². The van der Waals surface area contributed by atoms with Gasteiger partial charge in [-0.25, -0.2) is 0 Å². The molecule has 0 amide bonds. The molecule has 0 spiro atoms. The summed E-state index contributed by atoms with van der Waals surface area (Å²) in [6, 6.07) is 7.24. The van der Waals surface area contributed by atoms with Gasteiger partial charge in [-0.3, -0.25) is 0 Å². The number of hydrogen-bond acceptors (Lipinski definition) is 3. The smallest absolute Gasteiger partial charge is 0.115 e. The van der Waals surface area contributed by atoms with Gasteiger partial charge >= 0.3 is 0 Å². The summed E-state index contributed by atoms with van der Waals surface area (Å²) in [6.45, 7) is 4.93. The first kappa shape index (κ1) is 12.0. The van der Waals surface area contributed by atoms with Crippen LogP contribution in [0.5, 0.6) is 5.75 Å². The minimum atomic E-state index is 0.104. The van der Waals surface area contributed by atoms with Crippen molar-refractivity contribution in [1.29, 1.82) is 0 Å². The molecule has 0 aliphatic heterocycles. The van der Waals surface area contributed by atoms with Gasteiger partial charge in [-0.1, -0.05) is 26.0 Å². The van der Waals surface area contributed by atoms with Gasteiger partial charge in [0.2, 0.25) is 0 Å². The van der Waals surface area contributed by atoms with Crippen LogP contribution in [0.3, 0.4) is 0 Å². The second-order valence-corrected chi connectivity index (χ2v) is 4.08. The molecule has 0 aliphatic rings. The minimum Gasteiger partial charge on any atom is -0.508 e. The first-order valence-electron chi connectivity index (χ1n) is 5.25. The molecule has 15 heavy (non-hydrogen) atoms. The third-order valence-electron chi connectivity index (χ3n) is 2.48. The molecule has 0 fully saturated rings. The maximum Gasteiger partial charge on any atom is 0.115 e. The Morgan fingerprint density at radius 3 is 2.60 bits per heavy atom. The van der Waals surface area contributed by atoms with E-state index in [1.807, 2.05) is 12.1 Å². The van der Waals surface area contributed by atoms with E-state index in [0.717, 1.165) is 5.56 Å². The highest BCUT2D eigenvalue weighted by atomic mass is 16.3. The van der Waals surface area contributed by atoms with Gasteiger partial charge in [0.1, 0.15) is 5.75 Å². The number of aliphatic hydroxyl groups is 1. The average molecular weight is 209 g/mol. The highest BCUT2D eigenvalue weighted by Gasteiger charge is 2.10. The molecule has 3 N–H and O–H groups in total. The number of nitrogens with one attached hydrogen (secondary N) is 1. The Bertz CT molecular complexity index is 299. The summed E-state index contributed by atoms with van der Waals surface area (Å²) in [6.07, 6.45) is 0. The molecule has 1 aromatic carbocycles. The summed E-state index contributed by atoms with van der Waals surface area (Å²) in [5.41, 5.74) is 1.02. The van der Waals surface area contributed by atoms with Crippen LogP contribution in [-0.4, -0.2) is 22.9 Å². The van der Waals surface area contributed by atoms with Gasteiger partial charge in [0, 0.05) is 12.6 Å². The van der Waals surface area contributed by atoms with Crippen LogP contribution in [0.2, 0.25) is 0 Å². The van der Waals surface area contributed by atoms with E-state index in [9.17, 15) is 5.11 Å². The summed E-state index contributed by atoms with van der Waals surface area (Å²) in [5, 5.41) is 21.6. The zero-order valence-corrected chi connectivity index (χ0v) is 9.27. The van der Waals surface area contributed by atoms with E-state index in [1.54, 1.807) is 12.1 Å². The Labute approximate surface area is 90.8 Å². The molecule has 0 radical (unpaired) electrons. The summed E-state index contributed by atoms with van der Waals surface area (Å²) < 4.78 is 0. The summed E-state index contributed by atoms with van der Waals surface area (Å²) in [5.74, 6) is 0.673. The minimum absolute atomic E-state index is 0.104. The maximum atomic E-state index is 9.27. The van der Waals surface area contributed by atoms with Crippen molar-refractivity contribution in [3.05, 3.63) is 29.8 Å². The van der Waals surface area contributed by atoms with Crippen LogP contribution in [0.15, 0.2) is 24.3 Å². The van der Waals surface area contributed by atoms with Crippen molar-refractivity contribution in [1.82, 2.24) is 5.32 Å². The van der Waals surface area contributed by atoms with E-state index in [4.69, 9.17) is 5.11 Å². The van der Waals surface area contributed by atoms with Crippen molar-refractivity contribution in [3.63, 3.8) is 0 Å². The third kappa shape index (κ3) is 3.90. The van der Waals surface area contributed by atoms with E-state index in [2.05, 4.69) is 19.2 Å². The van der Waals surface area contributed by atoms with Crippen LogP contribution in [0.4, 0.5) is 0 Å². The normalized spacial score (nSPS) is 13.1. The lowest BCUT2D eigenvalue weighted by Crippen LogP contribution is -2.36. The molecule has 3 nitrogen and oxygen atoms in total. The molecule has 0 aromatic heterocycles. The second kappa shape index (κ2) is 5.73. The highest BCUT2D eigenvalue weighted by molar-refractivity contribution is 5.26. The Hall–Kier alpha value is -1.06. The summed E-state index contributed by atoms with van der Waals surface area (Å²) in [4.78, 5) is 0. The fourth-order valence-electron chi connectivity index (χ4n) is 1.43. The predicted molar refractivity (Wildman–Crippen MR) is 60.7 cm³/mol. The third-order valence-corrected chi connectivity index (χ3v) is 2.48. The number of benzene rings is 1. The lowest BCUT2D eigenvalue weighted by molar-refractivity contribution is 0.210. The quantitative estimate of drug-likeness (QED) is 0.689. The lowest BCUT2D eigenvalue weighted by Gasteiger charge is -2.19. The molecule has 0 saturated carbocycles. The summed E-state index contributed by atoms with van der Waals surface area (Å²) >= 11 is 0. The van der Waals surface area contributed by atoms with E-state index < -0.39 is 0 Å². The largest absolute Gasteiger partial charge is 0.508 e. The first-order chi connectivity index (χ1) is 7.13. The van der Waals surface area contributed by atoms with Gasteiger partial charge in [-0.05, 0) is 23.6 Å². The van der Waals surface area contributed by atoms with Crippen molar-refractivity contribution in [3.8, 4) is 5.75 Å². The highest BCUT2D eigenvalue weighted by Crippen LogP contribution is 2.11. The molecule has 0 bridgehead atoms. The predicted octanol–water partition coefficient (Wildman–Crippen LogP) is 1.50. The molecule has 1 unspecified atom stereocenters. The van der Waals surface area contributed by atoms with Gasteiger partial charge in [0.05, 0.1) is 6.61 Å². The van der Waals surface area contributed by atoms with Crippen molar-refractivity contribution >= 4 is 0 Å². The molecule has 1 atom stereocenters. The van der Waals surface area contributed by atoms with E-state index in [-0.39, 0.29) is 18.4 Å². The van der Waals surface area contributed by atoms with Crippen LogP contribution >= 0.6 is 0 Å². The van der Waals surface area contributed by atoms with Crippen LogP contribution in [0, 0.1) is 5.92 Å². The van der Waals surface area contributed by atoms with Crippen LogP contribution in [0.1, 0.15) is 19.4 Å². The second-order valence-electron chi connectivity index (χ2n) is 4.08. The van der Waals surface area contributed by atoms with Gasteiger partial charge in [0.15, 0.2) is 0 Å². The Balaban J connectivity index is 2.49. The average Bonchev–Trinajstić information content (AvgIpc) is 2.18. The standard InChI is InChI=1S/C12H19NO2/c1-9(2)12(8-14)13-7-10-4-3-5-11(15)6-10/h3-6,9,12-15H,7-8H2,1-2H3. The van der Waals surface area contributed by atoms with E-state index >= 15 is 0 Å². The van der Waals surface area contributed by atoms with E-state index in [0.29, 0.717) is 12.5 Å².